The Labute approximate surface area is 136 Å². The van der Waals surface area contributed by atoms with Crippen LogP contribution < -0.4 is 5.32 Å². The maximum Gasteiger partial charge on any atom is 0.317 e. The largest absolute Gasteiger partial charge is 0.331 e. The van der Waals surface area contributed by atoms with Gasteiger partial charge in [0.2, 0.25) is 0 Å². The van der Waals surface area contributed by atoms with Crippen LogP contribution in [-0.2, 0) is 19.5 Å². The zero-order valence-corrected chi connectivity index (χ0v) is 14.2. The Morgan fingerprint density at radius 3 is 3.14 bits per heavy atom. The maximum absolute atomic E-state index is 12.3. The van der Waals surface area contributed by atoms with Crippen LogP contribution in [0.1, 0.15) is 44.3 Å². The second kappa shape index (κ2) is 6.89. The second-order valence-electron chi connectivity index (χ2n) is 6.10. The van der Waals surface area contributed by atoms with Crippen molar-refractivity contribution >= 4 is 17.8 Å². The van der Waals surface area contributed by atoms with E-state index in [4.69, 9.17) is 0 Å². The third-order valence-corrected chi connectivity index (χ3v) is 5.94. The minimum absolute atomic E-state index is 0.00231. The van der Waals surface area contributed by atoms with Gasteiger partial charge in [0.15, 0.2) is 5.82 Å². The third-order valence-electron chi connectivity index (χ3n) is 4.71. The molecule has 0 spiro atoms. The minimum atomic E-state index is 0.00231. The summed E-state index contributed by atoms with van der Waals surface area (Å²) >= 11 is 2.02. The normalized spacial score (nSPS) is 23.5. The lowest BCUT2D eigenvalue weighted by Crippen LogP contribution is -2.42. The summed E-state index contributed by atoms with van der Waals surface area (Å²) in [5.41, 5.74) is 0. The van der Waals surface area contributed by atoms with E-state index in [-0.39, 0.29) is 6.03 Å². The van der Waals surface area contributed by atoms with E-state index in [2.05, 4.69) is 27.0 Å². The molecule has 6 nitrogen and oxygen atoms in total. The molecule has 2 heterocycles. The van der Waals surface area contributed by atoms with Gasteiger partial charge in [0.25, 0.3) is 0 Å². The summed E-state index contributed by atoms with van der Waals surface area (Å²) in [5, 5.41) is 12.1. The molecule has 122 valence electrons. The number of hydrogen-bond donors (Lipinski definition) is 1. The topological polar surface area (TPSA) is 63.1 Å². The number of amides is 2. The van der Waals surface area contributed by atoms with Gasteiger partial charge in [0.05, 0.1) is 6.54 Å². The molecule has 1 aliphatic carbocycles. The van der Waals surface area contributed by atoms with Gasteiger partial charge in [-0.2, -0.15) is 11.8 Å². The highest BCUT2D eigenvalue weighted by Crippen LogP contribution is 2.32. The monoisotopic (exact) mass is 323 g/mol. The van der Waals surface area contributed by atoms with Crippen molar-refractivity contribution in [2.45, 2.75) is 63.4 Å². The average Bonchev–Trinajstić information content (AvgIpc) is 3.21. The van der Waals surface area contributed by atoms with Gasteiger partial charge in [-0.1, -0.05) is 6.92 Å². The second-order valence-corrected chi connectivity index (χ2v) is 7.68. The zero-order chi connectivity index (χ0) is 15.5. The van der Waals surface area contributed by atoms with E-state index in [1.165, 1.54) is 6.42 Å². The quantitative estimate of drug-likeness (QED) is 0.901. The molecule has 1 saturated carbocycles. The zero-order valence-electron chi connectivity index (χ0n) is 13.4. The van der Waals surface area contributed by atoms with Crippen LogP contribution in [0.5, 0.6) is 0 Å². The van der Waals surface area contributed by atoms with Crippen molar-refractivity contribution in [1.82, 2.24) is 25.0 Å². The Hall–Kier alpha value is -1.24. The Morgan fingerprint density at radius 2 is 2.32 bits per heavy atom. The van der Waals surface area contributed by atoms with Crippen LogP contribution in [-0.4, -0.2) is 49.8 Å². The molecule has 2 aliphatic rings. The highest BCUT2D eigenvalue weighted by atomic mass is 32.2. The molecule has 0 saturated heterocycles. The number of hydrogen-bond acceptors (Lipinski definition) is 4. The van der Waals surface area contributed by atoms with Gasteiger partial charge >= 0.3 is 6.03 Å². The predicted molar refractivity (Wildman–Crippen MR) is 87.9 cm³/mol. The van der Waals surface area contributed by atoms with Gasteiger partial charge in [-0.05, 0) is 31.4 Å². The predicted octanol–water partition coefficient (Wildman–Crippen LogP) is 2.04. The molecule has 22 heavy (non-hydrogen) atoms. The number of carbonyl (C=O) groups is 1. The van der Waals surface area contributed by atoms with Gasteiger partial charge in [-0.25, -0.2) is 4.79 Å². The fourth-order valence-corrected chi connectivity index (χ4v) is 4.58. The van der Waals surface area contributed by atoms with Crippen molar-refractivity contribution < 1.29 is 4.79 Å². The number of rotatable bonds is 5. The Morgan fingerprint density at radius 1 is 1.45 bits per heavy atom. The van der Waals surface area contributed by atoms with Gasteiger partial charge in [0, 0.05) is 31.3 Å². The first-order chi connectivity index (χ1) is 10.7. The van der Waals surface area contributed by atoms with E-state index in [1.54, 1.807) is 0 Å². The van der Waals surface area contributed by atoms with Crippen LogP contribution in [0.15, 0.2) is 0 Å². The van der Waals surface area contributed by atoms with Gasteiger partial charge in [0.1, 0.15) is 5.82 Å². The molecule has 1 fully saturated rings. The summed E-state index contributed by atoms with van der Waals surface area (Å²) in [6.45, 7) is 3.64. The number of fused-ring (bicyclic) bond motifs is 1. The van der Waals surface area contributed by atoms with Crippen LogP contribution in [0.25, 0.3) is 0 Å². The number of thioether (sulfide) groups is 1. The van der Waals surface area contributed by atoms with Crippen LogP contribution in [0.3, 0.4) is 0 Å². The number of urea groups is 1. The molecule has 0 aromatic carbocycles. The number of aromatic nitrogens is 3. The van der Waals surface area contributed by atoms with E-state index in [1.807, 2.05) is 23.7 Å². The molecule has 1 N–H and O–H groups in total. The SMILES string of the molecule is CCS[C@H]1CC[C@@H](N(C)C(=O)NCc2nnc3n2CCC3)C1. The molecule has 0 bridgehead atoms. The summed E-state index contributed by atoms with van der Waals surface area (Å²) in [5.74, 6) is 3.08. The third kappa shape index (κ3) is 3.24. The summed E-state index contributed by atoms with van der Waals surface area (Å²) in [6, 6.07) is 0.371. The van der Waals surface area contributed by atoms with Crippen LogP contribution >= 0.6 is 11.8 Å². The molecule has 3 rings (SSSR count). The van der Waals surface area contributed by atoms with Crippen LogP contribution in [0.4, 0.5) is 4.79 Å². The van der Waals surface area contributed by atoms with E-state index >= 15 is 0 Å². The molecule has 2 atom stereocenters. The van der Waals surface area contributed by atoms with Crippen molar-refractivity contribution in [1.29, 1.82) is 0 Å². The molecule has 2 amide bonds. The van der Waals surface area contributed by atoms with E-state index in [0.29, 0.717) is 17.8 Å². The standard InChI is InChI=1S/C15H25N5OS/c1-3-22-12-7-6-11(9-12)19(2)15(21)16-10-14-18-17-13-5-4-8-20(13)14/h11-12H,3-10H2,1-2H3,(H,16,21)/t11-,12+/m1/s1. The molecular formula is C15H25N5OS. The lowest BCUT2D eigenvalue weighted by atomic mass is 10.2. The molecule has 1 aromatic rings. The van der Waals surface area contributed by atoms with Crippen LogP contribution in [0.2, 0.25) is 0 Å². The molecule has 1 aliphatic heterocycles. The maximum atomic E-state index is 12.3. The first kappa shape index (κ1) is 15.6. The van der Waals surface area contributed by atoms with Gasteiger partial charge < -0.3 is 14.8 Å². The average molecular weight is 323 g/mol. The van der Waals surface area contributed by atoms with E-state index in [0.717, 1.165) is 49.6 Å². The number of nitrogens with one attached hydrogen (secondary N) is 1. The van der Waals surface area contributed by atoms with Crippen molar-refractivity contribution in [3.63, 3.8) is 0 Å². The highest BCUT2D eigenvalue weighted by molar-refractivity contribution is 7.99. The lowest BCUT2D eigenvalue weighted by molar-refractivity contribution is 0.190. The van der Waals surface area contributed by atoms with Gasteiger partial charge in [-0.15, -0.1) is 10.2 Å². The van der Waals surface area contributed by atoms with Crippen molar-refractivity contribution in [2.75, 3.05) is 12.8 Å². The van der Waals surface area contributed by atoms with Crippen molar-refractivity contribution in [3.05, 3.63) is 11.6 Å². The van der Waals surface area contributed by atoms with E-state index < -0.39 is 0 Å². The minimum Gasteiger partial charge on any atom is -0.331 e. The Balaban J connectivity index is 1.49. The Kier molecular flexibility index (Phi) is 4.90. The fraction of sp³-hybridized carbons (Fsp3) is 0.800. The highest BCUT2D eigenvalue weighted by Gasteiger charge is 2.30. The summed E-state index contributed by atoms with van der Waals surface area (Å²) in [7, 11) is 1.91. The molecule has 0 unspecified atom stereocenters. The summed E-state index contributed by atoms with van der Waals surface area (Å²) in [6.07, 6.45) is 5.58. The number of nitrogens with zero attached hydrogens (tertiary/aromatic N) is 4. The molecule has 1 aromatic heterocycles. The molecule has 7 heteroatoms. The summed E-state index contributed by atoms with van der Waals surface area (Å²) in [4.78, 5) is 14.2. The molecular weight excluding hydrogens is 298 g/mol. The van der Waals surface area contributed by atoms with Gasteiger partial charge in [-0.3, -0.25) is 0 Å². The van der Waals surface area contributed by atoms with Crippen molar-refractivity contribution in [3.8, 4) is 0 Å². The van der Waals surface area contributed by atoms with Crippen LogP contribution in [0, 0.1) is 0 Å². The first-order valence-electron chi connectivity index (χ1n) is 8.22. The molecule has 0 radical (unpaired) electrons. The van der Waals surface area contributed by atoms with E-state index in [9.17, 15) is 4.79 Å². The lowest BCUT2D eigenvalue weighted by Gasteiger charge is -2.25. The summed E-state index contributed by atoms with van der Waals surface area (Å²) < 4.78 is 2.13. The van der Waals surface area contributed by atoms with Crippen molar-refractivity contribution in [2.24, 2.45) is 0 Å². The first-order valence-corrected chi connectivity index (χ1v) is 9.27. The number of carbonyl (C=O) groups excluding carboxylic acids is 1. The Bertz CT molecular complexity index is 532. The smallest absolute Gasteiger partial charge is 0.317 e. The number of aryl methyl sites for hydroxylation is 1. The fourth-order valence-electron chi connectivity index (χ4n) is 3.44.